The number of hydrogen-bond donors (Lipinski definition) is 1. The smallest absolute Gasteiger partial charge is 0.285 e. The van der Waals surface area contributed by atoms with Gasteiger partial charge in [0.2, 0.25) is 0 Å². The predicted octanol–water partition coefficient (Wildman–Crippen LogP) is 1.80. The van der Waals surface area contributed by atoms with Crippen molar-refractivity contribution in [2.45, 2.75) is 5.92 Å². The summed E-state index contributed by atoms with van der Waals surface area (Å²) in [6.07, 6.45) is 0. The minimum Gasteiger partial charge on any atom is -0.378 e. The van der Waals surface area contributed by atoms with E-state index < -0.39 is 12.5 Å². The summed E-state index contributed by atoms with van der Waals surface area (Å²) < 4.78 is 26.2. The first-order valence-electron chi connectivity index (χ1n) is 4.33. The van der Waals surface area contributed by atoms with Gasteiger partial charge in [-0.15, -0.1) is 0 Å². The van der Waals surface area contributed by atoms with E-state index >= 15 is 0 Å². The van der Waals surface area contributed by atoms with Crippen LogP contribution in [0.1, 0.15) is 5.56 Å². The molecule has 0 bridgehead atoms. The number of anilines is 1. The van der Waals surface area contributed by atoms with Gasteiger partial charge in [-0.25, -0.2) is 0 Å². The second-order valence-corrected chi connectivity index (χ2v) is 3.35. The number of benzene rings is 1. The highest BCUT2D eigenvalue weighted by molar-refractivity contribution is 5.46. The molecule has 0 spiro atoms. The van der Waals surface area contributed by atoms with Gasteiger partial charge >= 0.3 is 0 Å². The Kier molecular flexibility index (Phi) is 3.06. The summed E-state index contributed by atoms with van der Waals surface area (Å²) in [4.78, 5) is 1.85. The van der Waals surface area contributed by atoms with E-state index in [1.807, 2.05) is 19.0 Å². The second kappa shape index (κ2) is 3.92. The van der Waals surface area contributed by atoms with E-state index in [9.17, 15) is 8.78 Å². The molecule has 0 radical (unpaired) electrons. The Balaban J connectivity index is 2.94. The van der Waals surface area contributed by atoms with E-state index in [4.69, 9.17) is 5.73 Å². The molecule has 0 aromatic heterocycles. The van der Waals surface area contributed by atoms with E-state index in [1.54, 1.807) is 12.1 Å². The first-order chi connectivity index (χ1) is 6.47. The largest absolute Gasteiger partial charge is 0.378 e. The Morgan fingerprint density at radius 1 is 1.21 bits per heavy atom. The van der Waals surface area contributed by atoms with E-state index in [1.165, 1.54) is 12.1 Å². The molecule has 78 valence electrons. The Morgan fingerprint density at radius 2 is 1.71 bits per heavy atom. The number of halogens is 2. The molecule has 0 aliphatic carbocycles. The maximum atomic E-state index is 13.1. The van der Waals surface area contributed by atoms with Crippen molar-refractivity contribution < 1.29 is 8.78 Å². The summed E-state index contributed by atoms with van der Waals surface area (Å²) in [5, 5.41) is 0. The van der Waals surface area contributed by atoms with Gasteiger partial charge in [-0.3, -0.25) is 0 Å². The fourth-order valence-electron chi connectivity index (χ4n) is 1.12. The maximum Gasteiger partial charge on any atom is 0.285 e. The van der Waals surface area contributed by atoms with Crippen LogP contribution in [0.4, 0.5) is 14.5 Å². The molecule has 1 aromatic carbocycles. The molecule has 1 aromatic rings. The Bertz CT molecular complexity index is 293. The number of hydrogen-bond acceptors (Lipinski definition) is 2. The van der Waals surface area contributed by atoms with Gasteiger partial charge in [0.1, 0.15) is 0 Å². The Labute approximate surface area is 82.3 Å². The van der Waals surface area contributed by atoms with Crippen molar-refractivity contribution in [3.8, 4) is 0 Å². The number of nitrogens with zero attached hydrogens (tertiary/aromatic N) is 1. The zero-order chi connectivity index (χ0) is 10.8. The molecular formula is C10H14F2N2. The first-order valence-corrected chi connectivity index (χ1v) is 4.33. The van der Waals surface area contributed by atoms with E-state index in [0.29, 0.717) is 0 Å². The first kappa shape index (κ1) is 10.9. The van der Waals surface area contributed by atoms with Crippen LogP contribution in [0.2, 0.25) is 0 Å². The molecule has 2 N–H and O–H groups in total. The van der Waals surface area contributed by atoms with Crippen molar-refractivity contribution in [1.82, 2.24) is 0 Å². The summed E-state index contributed by atoms with van der Waals surface area (Å²) in [5.74, 6) is -2.93. The van der Waals surface area contributed by atoms with Gasteiger partial charge in [0, 0.05) is 25.3 Å². The standard InChI is InChI=1S/C10H14F2N2/c1-14(2)9-5-3-8(4-6-9)10(11,12)7-13/h3-6H,7,13H2,1-2H3. The SMILES string of the molecule is CN(C)c1ccc(C(F)(F)CN)cc1. The van der Waals surface area contributed by atoms with Gasteiger partial charge in [-0.05, 0) is 12.1 Å². The number of nitrogens with two attached hydrogens (primary N) is 1. The number of alkyl halides is 2. The van der Waals surface area contributed by atoms with Gasteiger partial charge in [-0.2, -0.15) is 8.78 Å². The lowest BCUT2D eigenvalue weighted by molar-refractivity contribution is 0.00596. The lowest BCUT2D eigenvalue weighted by Gasteiger charge is -2.16. The Morgan fingerprint density at radius 3 is 2.07 bits per heavy atom. The van der Waals surface area contributed by atoms with Crippen LogP contribution in [0.5, 0.6) is 0 Å². The average molecular weight is 200 g/mol. The van der Waals surface area contributed by atoms with Crippen LogP contribution in [0.25, 0.3) is 0 Å². The molecule has 0 aliphatic heterocycles. The number of rotatable bonds is 3. The quantitative estimate of drug-likeness (QED) is 0.806. The maximum absolute atomic E-state index is 13.1. The summed E-state index contributed by atoms with van der Waals surface area (Å²) in [6, 6.07) is 6.11. The molecule has 4 heteroatoms. The molecule has 0 saturated carbocycles. The van der Waals surface area contributed by atoms with Gasteiger partial charge in [0.25, 0.3) is 5.92 Å². The predicted molar refractivity (Wildman–Crippen MR) is 53.7 cm³/mol. The molecule has 14 heavy (non-hydrogen) atoms. The molecule has 0 atom stereocenters. The second-order valence-electron chi connectivity index (χ2n) is 3.35. The third-order valence-corrected chi connectivity index (χ3v) is 2.06. The van der Waals surface area contributed by atoms with Crippen LogP contribution in [0.3, 0.4) is 0 Å². The van der Waals surface area contributed by atoms with E-state index in [2.05, 4.69) is 0 Å². The van der Waals surface area contributed by atoms with Crippen molar-refractivity contribution in [3.05, 3.63) is 29.8 Å². The Hall–Kier alpha value is -1.16. The topological polar surface area (TPSA) is 29.3 Å². The van der Waals surface area contributed by atoms with Crippen LogP contribution in [-0.4, -0.2) is 20.6 Å². The van der Waals surface area contributed by atoms with Crippen molar-refractivity contribution >= 4 is 5.69 Å². The monoisotopic (exact) mass is 200 g/mol. The summed E-state index contributed by atoms with van der Waals surface area (Å²) in [7, 11) is 3.71. The molecule has 0 unspecified atom stereocenters. The fourth-order valence-corrected chi connectivity index (χ4v) is 1.12. The molecule has 2 nitrogen and oxygen atoms in total. The fraction of sp³-hybridized carbons (Fsp3) is 0.400. The highest BCUT2D eigenvalue weighted by atomic mass is 19.3. The highest BCUT2D eigenvalue weighted by Gasteiger charge is 2.28. The zero-order valence-electron chi connectivity index (χ0n) is 8.30. The third-order valence-electron chi connectivity index (χ3n) is 2.06. The summed E-state index contributed by atoms with van der Waals surface area (Å²) in [5.41, 5.74) is 5.83. The molecule has 0 amide bonds. The minimum atomic E-state index is -2.93. The van der Waals surface area contributed by atoms with Crippen molar-refractivity contribution in [3.63, 3.8) is 0 Å². The van der Waals surface area contributed by atoms with Crippen LogP contribution >= 0.6 is 0 Å². The van der Waals surface area contributed by atoms with Crippen LogP contribution in [0, 0.1) is 0 Å². The van der Waals surface area contributed by atoms with Crippen LogP contribution < -0.4 is 10.6 Å². The molecule has 0 heterocycles. The lowest BCUT2D eigenvalue weighted by Crippen LogP contribution is -2.25. The van der Waals surface area contributed by atoms with Gasteiger partial charge < -0.3 is 10.6 Å². The van der Waals surface area contributed by atoms with E-state index in [0.717, 1.165) is 5.69 Å². The van der Waals surface area contributed by atoms with Gasteiger partial charge in [-0.1, -0.05) is 12.1 Å². The minimum absolute atomic E-state index is 0.0365. The molecule has 0 saturated heterocycles. The molecule has 1 rings (SSSR count). The highest BCUT2D eigenvalue weighted by Crippen LogP contribution is 2.27. The zero-order valence-corrected chi connectivity index (χ0v) is 8.30. The summed E-state index contributed by atoms with van der Waals surface area (Å²) in [6.45, 7) is -0.658. The molecule has 0 fully saturated rings. The van der Waals surface area contributed by atoms with Crippen molar-refractivity contribution in [1.29, 1.82) is 0 Å². The van der Waals surface area contributed by atoms with Crippen LogP contribution in [-0.2, 0) is 5.92 Å². The lowest BCUT2D eigenvalue weighted by atomic mass is 10.1. The van der Waals surface area contributed by atoms with Crippen molar-refractivity contribution in [2.75, 3.05) is 25.5 Å². The van der Waals surface area contributed by atoms with Gasteiger partial charge in [0.05, 0.1) is 6.54 Å². The van der Waals surface area contributed by atoms with Gasteiger partial charge in [0.15, 0.2) is 0 Å². The van der Waals surface area contributed by atoms with Crippen LogP contribution in [0.15, 0.2) is 24.3 Å². The summed E-state index contributed by atoms with van der Waals surface area (Å²) >= 11 is 0. The normalized spacial score (nSPS) is 11.5. The average Bonchev–Trinajstić information content (AvgIpc) is 2.18. The van der Waals surface area contributed by atoms with E-state index in [-0.39, 0.29) is 5.56 Å². The third kappa shape index (κ3) is 2.20. The van der Waals surface area contributed by atoms with Crippen molar-refractivity contribution in [2.24, 2.45) is 5.73 Å². The molecule has 0 aliphatic rings. The molecular weight excluding hydrogens is 186 g/mol.